The van der Waals surface area contributed by atoms with E-state index in [1.54, 1.807) is 6.07 Å². The van der Waals surface area contributed by atoms with Gasteiger partial charge in [0.25, 0.3) is 5.91 Å². The minimum absolute atomic E-state index is 0.0490. The molecule has 1 amide bonds. The quantitative estimate of drug-likeness (QED) is 0.673. The molecule has 1 aromatic rings. The van der Waals surface area contributed by atoms with E-state index in [-0.39, 0.29) is 11.7 Å². The monoisotopic (exact) mass is 238 g/mol. The van der Waals surface area contributed by atoms with E-state index in [0.717, 1.165) is 0 Å². The fraction of sp³-hybridized carbons (Fsp3) is 0.455. The molecule has 0 aromatic carbocycles. The molecule has 1 atom stereocenters. The van der Waals surface area contributed by atoms with E-state index in [2.05, 4.69) is 10.3 Å². The molecule has 0 radical (unpaired) electrons. The predicted molar refractivity (Wildman–Crippen MR) is 66.7 cm³/mol. The van der Waals surface area contributed by atoms with Crippen LogP contribution in [0.4, 0.5) is 11.5 Å². The summed E-state index contributed by atoms with van der Waals surface area (Å²) in [5.41, 5.74) is 11.6. The number of hydrogen-bond donors (Lipinski definition) is 3. The number of nitrogen functional groups attached to an aromatic ring is 1. The van der Waals surface area contributed by atoms with Crippen molar-refractivity contribution in [3.05, 3.63) is 17.8 Å². The number of nitrogens with zero attached hydrogens (tertiary/aromatic N) is 1. The number of hydrogen-bond acceptors (Lipinski definition) is 5. The van der Waals surface area contributed by atoms with Crippen molar-refractivity contribution >= 4 is 17.4 Å². The Morgan fingerprint density at radius 1 is 1.59 bits per heavy atom. The summed E-state index contributed by atoms with van der Waals surface area (Å²) in [7, 11) is 0. The first-order valence-electron chi connectivity index (χ1n) is 5.45. The van der Waals surface area contributed by atoms with E-state index in [1.165, 1.54) is 6.07 Å². The molecule has 0 aliphatic carbocycles. The number of amides is 1. The van der Waals surface area contributed by atoms with Crippen LogP contribution >= 0.6 is 0 Å². The van der Waals surface area contributed by atoms with Crippen molar-refractivity contribution in [3.63, 3.8) is 0 Å². The van der Waals surface area contributed by atoms with Crippen LogP contribution in [0.5, 0.6) is 0 Å². The molecule has 0 spiro atoms. The molecule has 6 nitrogen and oxygen atoms in total. The normalized spacial score (nSPS) is 12.1. The third-order valence-electron chi connectivity index (χ3n) is 2.13. The lowest BCUT2D eigenvalue weighted by Gasteiger charge is -2.16. The molecule has 0 aliphatic rings. The zero-order chi connectivity index (χ0) is 12.8. The van der Waals surface area contributed by atoms with Gasteiger partial charge in [0, 0.05) is 12.6 Å². The van der Waals surface area contributed by atoms with Crippen LogP contribution in [-0.2, 0) is 4.74 Å². The average Bonchev–Trinajstić information content (AvgIpc) is 2.29. The number of nitrogens with one attached hydrogen (secondary N) is 1. The maximum atomic E-state index is 11.0. The lowest BCUT2D eigenvalue weighted by Crippen LogP contribution is -2.24. The van der Waals surface area contributed by atoms with Gasteiger partial charge in [-0.05, 0) is 26.0 Å². The number of ether oxygens (including phenoxy) is 1. The minimum atomic E-state index is -0.578. The molecule has 0 aliphatic heterocycles. The number of nitrogens with two attached hydrogens (primary N) is 2. The second-order valence-corrected chi connectivity index (χ2v) is 3.70. The van der Waals surface area contributed by atoms with Gasteiger partial charge in [0.1, 0.15) is 11.5 Å². The van der Waals surface area contributed by atoms with Gasteiger partial charge in [-0.2, -0.15) is 0 Å². The highest BCUT2D eigenvalue weighted by Gasteiger charge is 2.09. The van der Waals surface area contributed by atoms with Crippen LogP contribution in [-0.4, -0.2) is 30.1 Å². The summed E-state index contributed by atoms with van der Waals surface area (Å²) in [6.07, 6.45) is 0. The van der Waals surface area contributed by atoms with Gasteiger partial charge in [-0.3, -0.25) is 4.79 Å². The number of carbonyl (C=O) groups is 1. The highest BCUT2D eigenvalue weighted by Crippen LogP contribution is 2.16. The van der Waals surface area contributed by atoms with Gasteiger partial charge in [-0.15, -0.1) is 0 Å². The van der Waals surface area contributed by atoms with Crippen LogP contribution in [0.15, 0.2) is 12.1 Å². The largest absolute Gasteiger partial charge is 0.396 e. The van der Waals surface area contributed by atoms with Gasteiger partial charge in [-0.25, -0.2) is 4.98 Å². The minimum Gasteiger partial charge on any atom is -0.396 e. The summed E-state index contributed by atoms with van der Waals surface area (Å²) in [6.45, 7) is 5.05. The lowest BCUT2D eigenvalue weighted by atomic mass is 10.3. The Hall–Kier alpha value is -1.82. The van der Waals surface area contributed by atoms with E-state index in [1.807, 2.05) is 13.8 Å². The number of rotatable bonds is 6. The lowest BCUT2D eigenvalue weighted by molar-refractivity contribution is 0.0995. The Balaban J connectivity index is 2.75. The third-order valence-corrected chi connectivity index (χ3v) is 2.13. The van der Waals surface area contributed by atoms with Crippen LogP contribution in [0.25, 0.3) is 0 Å². The van der Waals surface area contributed by atoms with Gasteiger partial charge in [0.05, 0.1) is 12.3 Å². The molecule has 0 saturated heterocycles. The van der Waals surface area contributed by atoms with Crippen molar-refractivity contribution in [2.75, 3.05) is 24.3 Å². The number of aromatic nitrogens is 1. The number of anilines is 2. The van der Waals surface area contributed by atoms with Crippen LogP contribution in [0.3, 0.4) is 0 Å². The van der Waals surface area contributed by atoms with Gasteiger partial charge >= 0.3 is 0 Å². The molecular formula is C11H18N4O2. The van der Waals surface area contributed by atoms with Crippen LogP contribution in [0.2, 0.25) is 0 Å². The van der Waals surface area contributed by atoms with Gasteiger partial charge in [0.2, 0.25) is 0 Å². The zero-order valence-corrected chi connectivity index (χ0v) is 10.1. The molecule has 94 valence electrons. The molecule has 6 heteroatoms. The molecule has 17 heavy (non-hydrogen) atoms. The first-order chi connectivity index (χ1) is 8.04. The first kappa shape index (κ1) is 13.2. The Kier molecular flexibility index (Phi) is 4.71. The maximum Gasteiger partial charge on any atom is 0.267 e. The van der Waals surface area contributed by atoms with E-state index in [9.17, 15) is 4.79 Å². The summed E-state index contributed by atoms with van der Waals surface area (Å²) in [5, 5.41) is 3.07. The summed E-state index contributed by atoms with van der Waals surface area (Å²) >= 11 is 0. The number of carbonyl (C=O) groups excluding carboxylic acids is 1. The van der Waals surface area contributed by atoms with Crippen molar-refractivity contribution in [2.45, 2.75) is 19.9 Å². The van der Waals surface area contributed by atoms with Crippen LogP contribution in [0.1, 0.15) is 24.3 Å². The topological polar surface area (TPSA) is 103 Å². The maximum absolute atomic E-state index is 11.0. The van der Waals surface area contributed by atoms with Crippen molar-refractivity contribution in [3.8, 4) is 0 Å². The first-order valence-corrected chi connectivity index (χ1v) is 5.45. The van der Waals surface area contributed by atoms with E-state index in [0.29, 0.717) is 24.7 Å². The third kappa shape index (κ3) is 3.92. The second kappa shape index (κ2) is 6.05. The van der Waals surface area contributed by atoms with Crippen molar-refractivity contribution < 1.29 is 9.53 Å². The summed E-state index contributed by atoms with van der Waals surface area (Å²) in [6, 6.07) is 3.15. The Bertz CT molecular complexity index is 395. The summed E-state index contributed by atoms with van der Waals surface area (Å²) in [4.78, 5) is 15.0. The molecule has 1 unspecified atom stereocenters. The zero-order valence-electron chi connectivity index (χ0n) is 10.1. The number of pyridine rings is 1. The Labute approximate surface area is 100 Å². The SMILES string of the molecule is CCOCC(C)Nc1nc(C(N)=O)ccc1N. The highest BCUT2D eigenvalue weighted by atomic mass is 16.5. The summed E-state index contributed by atoms with van der Waals surface area (Å²) in [5.74, 6) is -0.126. The van der Waals surface area contributed by atoms with Crippen LogP contribution in [0, 0.1) is 0 Å². The van der Waals surface area contributed by atoms with Gasteiger partial charge < -0.3 is 21.5 Å². The fourth-order valence-corrected chi connectivity index (χ4v) is 1.29. The van der Waals surface area contributed by atoms with Gasteiger partial charge in [-0.1, -0.05) is 0 Å². The van der Waals surface area contributed by atoms with E-state index in [4.69, 9.17) is 16.2 Å². The predicted octanol–water partition coefficient (Wildman–Crippen LogP) is 0.600. The highest BCUT2D eigenvalue weighted by molar-refractivity contribution is 5.91. The van der Waals surface area contributed by atoms with E-state index >= 15 is 0 Å². The molecular weight excluding hydrogens is 220 g/mol. The molecule has 1 heterocycles. The Morgan fingerprint density at radius 3 is 2.88 bits per heavy atom. The Morgan fingerprint density at radius 2 is 2.29 bits per heavy atom. The smallest absolute Gasteiger partial charge is 0.267 e. The standard InChI is InChI=1S/C11H18N4O2/c1-3-17-6-7(2)14-11-8(12)4-5-9(15-11)10(13)16/h4-5,7H,3,6,12H2,1-2H3,(H2,13,16)(H,14,15). The molecule has 0 fully saturated rings. The average molecular weight is 238 g/mol. The molecule has 0 bridgehead atoms. The van der Waals surface area contributed by atoms with Crippen molar-refractivity contribution in [1.29, 1.82) is 0 Å². The fourth-order valence-electron chi connectivity index (χ4n) is 1.29. The van der Waals surface area contributed by atoms with E-state index < -0.39 is 5.91 Å². The number of primary amides is 1. The second-order valence-electron chi connectivity index (χ2n) is 3.70. The molecule has 5 N–H and O–H groups in total. The summed E-state index contributed by atoms with van der Waals surface area (Å²) < 4.78 is 5.26. The molecule has 1 aromatic heterocycles. The molecule has 0 saturated carbocycles. The van der Waals surface area contributed by atoms with Crippen molar-refractivity contribution in [1.82, 2.24) is 4.98 Å². The van der Waals surface area contributed by atoms with Crippen molar-refractivity contribution in [2.24, 2.45) is 5.73 Å². The van der Waals surface area contributed by atoms with Gasteiger partial charge in [0.15, 0.2) is 0 Å². The van der Waals surface area contributed by atoms with Crippen LogP contribution < -0.4 is 16.8 Å². The molecule has 1 rings (SSSR count).